The first-order valence-corrected chi connectivity index (χ1v) is 4.65. The summed E-state index contributed by atoms with van der Waals surface area (Å²) in [5.41, 5.74) is 8.17. The lowest BCUT2D eigenvalue weighted by Gasteiger charge is -2.23. The molecule has 3 heteroatoms. The fraction of sp³-hybridized carbons (Fsp3) is 0.700. The summed E-state index contributed by atoms with van der Waals surface area (Å²) in [7, 11) is 0. The molecular weight excluding hydrogens is 162 g/mol. The molecule has 0 saturated carbocycles. The van der Waals surface area contributed by atoms with Crippen LogP contribution in [0, 0.1) is 19.3 Å². The Morgan fingerprint density at radius 3 is 2.46 bits per heavy atom. The molecule has 1 aromatic rings. The van der Waals surface area contributed by atoms with Crippen LogP contribution in [-0.2, 0) is 6.54 Å². The third kappa shape index (κ3) is 2.31. The average Bonchev–Trinajstić information content (AvgIpc) is 2.36. The molecule has 1 heterocycles. The number of hydrogen-bond acceptors (Lipinski definition) is 2. The molecule has 0 aromatic carbocycles. The highest BCUT2D eigenvalue weighted by atomic mass is 15.1. The summed E-state index contributed by atoms with van der Waals surface area (Å²) in [4.78, 5) is 4.26. The van der Waals surface area contributed by atoms with Gasteiger partial charge in [-0.05, 0) is 25.8 Å². The summed E-state index contributed by atoms with van der Waals surface area (Å²) in [6.45, 7) is 10.1. The Hall–Kier alpha value is -0.830. The van der Waals surface area contributed by atoms with Crippen molar-refractivity contribution in [2.45, 2.75) is 34.2 Å². The zero-order chi connectivity index (χ0) is 10.1. The molecule has 1 aromatic heterocycles. The van der Waals surface area contributed by atoms with Gasteiger partial charge in [0.1, 0.15) is 0 Å². The van der Waals surface area contributed by atoms with Gasteiger partial charge < -0.3 is 10.3 Å². The summed E-state index contributed by atoms with van der Waals surface area (Å²) in [5.74, 6) is 0. The lowest BCUT2D eigenvalue weighted by Crippen LogP contribution is -2.28. The van der Waals surface area contributed by atoms with Crippen LogP contribution in [0.15, 0.2) is 6.33 Å². The van der Waals surface area contributed by atoms with Gasteiger partial charge in [-0.15, -0.1) is 0 Å². The van der Waals surface area contributed by atoms with Crippen LogP contribution in [0.25, 0.3) is 0 Å². The van der Waals surface area contributed by atoms with E-state index >= 15 is 0 Å². The molecule has 0 spiro atoms. The lowest BCUT2D eigenvalue weighted by molar-refractivity contribution is 0.314. The van der Waals surface area contributed by atoms with Crippen LogP contribution in [0.1, 0.15) is 25.2 Å². The van der Waals surface area contributed by atoms with Gasteiger partial charge in [0.15, 0.2) is 0 Å². The number of rotatable bonds is 3. The second-order valence-corrected chi connectivity index (χ2v) is 4.41. The van der Waals surface area contributed by atoms with Gasteiger partial charge in [0.2, 0.25) is 0 Å². The summed E-state index contributed by atoms with van der Waals surface area (Å²) < 4.78 is 2.17. The molecular formula is C10H19N3. The first-order valence-electron chi connectivity index (χ1n) is 4.65. The lowest BCUT2D eigenvalue weighted by atomic mass is 9.94. The van der Waals surface area contributed by atoms with Crippen molar-refractivity contribution in [3.05, 3.63) is 17.7 Å². The first kappa shape index (κ1) is 10.3. The quantitative estimate of drug-likeness (QED) is 0.767. The standard InChI is InChI=1S/C10H19N3/c1-8-9(2)13(7-12-8)6-10(3,4)5-11/h7H,5-6,11H2,1-4H3. The van der Waals surface area contributed by atoms with E-state index in [1.165, 1.54) is 5.69 Å². The molecule has 0 aliphatic heterocycles. The number of imidazole rings is 1. The highest BCUT2D eigenvalue weighted by Crippen LogP contribution is 2.17. The number of nitrogens with two attached hydrogens (primary N) is 1. The number of hydrogen-bond donors (Lipinski definition) is 1. The molecule has 74 valence electrons. The molecule has 0 radical (unpaired) electrons. The van der Waals surface area contributed by atoms with Gasteiger partial charge in [-0.2, -0.15) is 0 Å². The smallest absolute Gasteiger partial charge is 0.0951 e. The maximum atomic E-state index is 5.68. The van der Waals surface area contributed by atoms with Crippen LogP contribution in [0.2, 0.25) is 0 Å². The second-order valence-electron chi connectivity index (χ2n) is 4.41. The minimum atomic E-state index is 0.151. The van der Waals surface area contributed by atoms with Crippen molar-refractivity contribution in [2.75, 3.05) is 6.54 Å². The minimum absolute atomic E-state index is 0.151. The Bertz CT molecular complexity index is 286. The maximum absolute atomic E-state index is 5.68. The Labute approximate surface area is 80.0 Å². The number of aryl methyl sites for hydroxylation is 1. The first-order chi connectivity index (χ1) is 5.96. The molecule has 2 N–H and O–H groups in total. The van der Waals surface area contributed by atoms with Crippen molar-refractivity contribution in [3.63, 3.8) is 0 Å². The molecule has 1 rings (SSSR count). The molecule has 0 amide bonds. The molecule has 0 fully saturated rings. The molecule has 0 atom stereocenters. The SMILES string of the molecule is Cc1ncn(CC(C)(C)CN)c1C. The van der Waals surface area contributed by atoms with E-state index in [2.05, 4.69) is 30.3 Å². The Morgan fingerprint density at radius 1 is 1.46 bits per heavy atom. The Balaban J connectivity index is 2.80. The molecule has 0 aliphatic rings. The van der Waals surface area contributed by atoms with E-state index in [-0.39, 0.29) is 5.41 Å². The minimum Gasteiger partial charge on any atom is -0.334 e. The van der Waals surface area contributed by atoms with Crippen LogP contribution >= 0.6 is 0 Å². The fourth-order valence-corrected chi connectivity index (χ4v) is 1.23. The van der Waals surface area contributed by atoms with E-state index in [9.17, 15) is 0 Å². The van der Waals surface area contributed by atoms with E-state index in [0.29, 0.717) is 6.54 Å². The maximum Gasteiger partial charge on any atom is 0.0951 e. The van der Waals surface area contributed by atoms with Crippen LogP contribution in [0.3, 0.4) is 0 Å². The Kier molecular flexibility index (Phi) is 2.76. The van der Waals surface area contributed by atoms with Crippen LogP contribution < -0.4 is 5.73 Å². The largest absolute Gasteiger partial charge is 0.334 e. The van der Waals surface area contributed by atoms with Gasteiger partial charge in [0, 0.05) is 12.2 Å². The van der Waals surface area contributed by atoms with Crippen molar-refractivity contribution in [1.29, 1.82) is 0 Å². The number of nitrogens with zero attached hydrogens (tertiary/aromatic N) is 2. The van der Waals surface area contributed by atoms with E-state index in [1.807, 2.05) is 13.3 Å². The predicted molar refractivity (Wildman–Crippen MR) is 54.5 cm³/mol. The van der Waals surface area contributed by atoms with Crippen LogP contribution in [-0.4, -0.2) is 16.1 Å². The van der Waals surface area contributed by atoms with Gasteiger partial charge >= 0.3 is 0 Å². The van der Waals surface area contributed by atoms with Crippen molar-refractivity contribution < 1.29 is 0 Å². The summed E-state index contributed by atoms with van der Waals surface area (Å²) >= 11 is 0. The van der Waals surface area contributed by atoms with Gasteiger partial charge in [0.25, 0.3) is 0 Å². The van der Waals surface area contributed by atoms with Crippen LogP contribution in [0.4, 0.5) is 0 Å². The average molecular weight is 181 g/mol. The van der Waals surface area contributed by atoms with Crippen molar-refractivity contribution in [1.82, 2.24) is 9.55 Å². The van der Waals surface area contributed by atoms with E-state index in [0.717, 1.165) is 12.2 Å². The molecule has 3 nitrogen and oxygen atoms in total. The van der Waals surface area contributed by atoms with E-state index in [4.69, 9.17) is 5.73 Å². The zero-order valence-corrected chi connectivity index (χ0v) is 8.96. The topological polar surface area (TPSA) is 43.8 Å². The van der Waals surface area contributed by atoms with Gasteiger partial charge in [-0.25, -0.2) is 4.98 Å². The molecule has 0 aliphatic carbocycles. The third-order valence-corrected chi connectivity index (χ3v) is 2.50. The third-order valence-electron chi connectivity index (χ3n) is 2.50. The molecule has 13 heavy (non-hydrogen) atoms. The highest BCUT2D eigenvalue weighted by molar-refractivity contribution is 5.08. The molecule has 0 saturated heterocycles. The molecule has 0 unspecified atom stereocenters. The van der Waals surface area contributed by atoms with E-state index < -0.39 is 0 Å². The summed E-state index contributed by atoms with van der Waals surface area (Å²) in [6, 6.07) is 0. The zero-order valence-electron chi connectivity index (χ0n) is 8.96. The summed E-state index contributed by atoms with van der Waals surface area (Å²) in [6.07, 6.45) is 1.89. The van der Waals surface area contributed by atoms with Crippen molar-refractivity contribution in [3.8, 4) is 0 Å². The van der Waals surface area contributed by atoms with Gasteiger partial charge in [-0.3, -0.25) is 0 Å². The predicted octanol–water partition coefficient (Wildman–Crippen LogP) is 1.48. The van der Waals surface area contributed by atoms with Crippen molar-refractivity contribution >= 4 is 0 Å². The monoisotopic (exact) mass is 181 g/mol. The highest BCUT2D eigenvalue weighted by Gasteiger charge is 2.17. The second kappa shape index (κ2) is 3.50. The number of aromatic nitrogens is 2. The van der Waals surface area contributed by atoms with Crippen molar-refractivity contribution in [2.24, 2.45) is 11.1 Å². The summed E-state index contributed by atoms with van der Waals surface area (Å²) in [5, 5.41) is 0. The normalized spacial score (nSPS) is 12.1. The Morgan fingerprint density at radius 2 is 2.08 bits per heavy atom. The van der Waals surface area contributed by atoms with Crippen LogP contribution in [0.5, 0.6) is 0 Å². The van der Waals surface area contributed by atoms with E-state index in [1.54, 1.807) is 0 Å². The van der Waals surface area contributed by atoms with Gasteiger partial charge in [-0.1, -0.05) is 13.8 Å². The molecule has 0 bridgehead atoms. The van der Waals surface area contributed by atoms with Gasteiger partial charge in [0.05, 0.1) is 12.0 Å². The fourth-order valence-electron chi connectivity index (χ4n) is 1.23.